The fourth-order valence-electron chi connectivity index (χ4n) is 4.01. The number of piperidine rings is 1. The van der Waals surface area contributed by atoms with Gasteiger partial charge in [-0.3, -0.25) is 10.1 Å². The van der Waals surface area contributed by atoms with Crippen molar-refractivity contribution in [3.05, 3.63) is 50.9 Å². The molecule has 8 nitrogen and oxygen atoms in total. The second kappa shape index (κ2) is 7.31. The van der Waals surface area contributed by atoms with Crippen molar-refractivity contribution in [2.24, 2.45) is 5.92 Å². The molecular formula is C20H22N2O6S. The fourth-order valence-corrected chi connectivity index (χ4v) is 6.91. The molecule has 0 unspecified atom stereocenters. The van der Waals surface area contributed by atoms with Crippen LogP contribution in [-0.4, -0.2) is 40.9 Å². The lowest BCUT2D eigenvalue weighted by atomic mass is 9.94. The summed E-state index contributed by atoms with van der Waals surface area (Å²) in [6, 6.07) is 4.83. The third-order valence-electron chi connectivity index (χ3n) is 5.52. The van der Waals surface area contributed by atoms with E-state index in [9.17, 15) is 19.7 Å². The van der Waals surface area contributed by atoms with E-state index >= 15 is 0 Å². The average molecular weight is 418 g/mol. The topological polar surface area (TPSA) is 99.0 Å². The number of carbonyl (C=O) groups excluding carboxylic acids is 2. The van der Waals surface area contributed by atoms with E-state index in [2.05, 4.69) is 18.7 Å². The van der Waals surface area contributed by atoms with Crippen LogP contribution in [0.4, 0.5) is 5.69 Å². The van der Waals surface area contributed by atoms with Crippen LogP contribution in [0.5, 0.6) is 0 Å². The van der Waals surface area contributed by atoms with Crippen molar-refractivity contribution in [1.82, 2.24) is 4.90 Å². The Hall–Kier alpha value is -2.65. The zero-order valence-corrected chi connectivity index (χ0v) is 17.0. The van der Waals surface area contributed by atoms with Crippen molar-refractivity contribution < 1.29 is 22.9 Å². The third kappa shape index (κ3) is 3.44. The molecule has 4 rings (SSSR count). The molecule has 0 radical (unpaired) electrons. The van der Waals surface area contributed by atoms with Crippen LogP contribution in [0.2, 0.25) is 0 Å². The lowest BCUT2D eigenvalue weighted by molar-refractivity contribution is -0.385. The molecule has 3 aliphatic rings. The van der Waals surface area contributed by atoms with Crippen molar-refractivity contribution in [3.63, 3.8) is 0 Å². The molecule has 1 aromatic carbocycles. The number of rotatable bonds is 3. The van der Waals surface area contributed by atoms with Gasteiger partial charge in [0.05, 0.1) is 14.7 Å². The summed E-state index contributed by atoms with van der Waals surface area (Å²) in [6.07, 6.45) is 5.63. The molecule has 1 spiro atoms. The van der Waals surface area contributed by atoms with Crippen LogP contribution in [0.1, 0.15) is 32.3 Å². The lowest BCUT2D eigenvalue weighted by Crippen LogP contribution is -2.39. The van der Waals surface area contributed by atoms with Crippen LogP contribution in [0.15, 0.2) is 40.2 Å². The minimum Gasteiger partial charge on any atom is -0.331 e. The van der Waals surface area contributed by atoms with Gasteiger partial charge in [0.1, 0.15) is 0 Å². The number of allylic oxidation sites excluding steroid dienone is 1. The van der Waals surface area contributed by atoms with Gasteiger partial charge in [-0.05, 0) is 51.9 Å². The highest BCUT2D eigenvalue weighted by molar-refractivity contribution is 8.30. The van der Waals surface area contributed by atoms with Gasteiger partial charge in [-0.2, -0.15) is 0 Å². The van der Waals surface area contributed by atoms with E-state index < -0.39 is 27.5 Å². The first-order valence-electron chi connectivity index (χ1n) is 9.52. The van der Waals surface area contributed by atoms with E-state index in [4.69, 9.17) is 8.37 Å². The summed E-state index contributed by atoms with van der Waals surface area (Å²) in [5.41, 5.74) is 0.554. The second-order valence-corrected chi connectivity index (χ2v) is 9.82. The van der Waals surface area contributed by atoms with Gasteiger partial charge in [0.2, 0.25) is 0 Å². The number of carbonyl (C=O) groups is 2. The number of non-ortho nitro benzene ring substituents is 1. The number of nitro groups is 1. The third-order valence-corrected chi connectivity index (χ3v) is 8.32. The van der Waals surface area contributed by atoms with Gasteiger partial charge >= 0.3 is 11.9 Å². The molecule has 29 heavy (non-hydrogen) atoms. The van der Waals surface area contributed by atoms with Gasteiger partial charge in [-0.15, -0.1) is 0 Å². The average Bonchev–Trinajstić information content (AvgIpc) is 2.89. The number of likely N-dealkylation sites (tertiary alicyclic amines) is 1. The molecule has 3 heterocycles. The van der Waals surface area contributed by atoms with Crippen LogP contribution >= 0.6 is 10.6 Å². The highest BCUT2D eigenvalue weighted by atomic mass is 32.3. The zero-order valence-electron chi connectivity index (χ0n) is 16.2. The standard InChI is InChI=1S/C20H22N2O6S/c1-13(2)21-9-7-14(8-10-21)17-11-15-3-4-16(22(25)26)12-18(15)29(17)27-19(23)5-6-20(24)28-29/h3-6,11-14H,7-10H2,1-2H3. The van der Waals surface area contributed by atoms with Gasteiger partial charge in [0.25, 0.3) is 5.69 Å². The van der Waals surface area contributed by atoms with Gasteiger partial charge in [-0.1, -0.05) is 10.6 Å². The van der Waals surface area contributed by atoms with E-state index in [0.717, 1.165) is 43.0 Å². The minimum absolute atomic E-state index is 0.0603. The van der Waals surface area contributed by atoms with Crippen LogP contribution in [0.3, 0.4) is 0 Å². The van der Waals surface area contributed by atoms with Gasteiger partial charge in [-0.25, -0.2) is 9.59 Å². The van der Waals surface area contributed by atoms with Crippen LogP contribution in [-0.2, 0) is 18.0 Å². The molecule has 0 saturated carbocycles. The molecule has 0 bridgehead atoms. The summed E-state index contributed by atoms with van der Waals surface area (Å²) in [5, 5.41) is 11.3. The van der Waals surface area contributed by atoms with Gasteiger partial charge < -0.3 is 13.3 Å². The minimum atomic E-state index is -2.91. The molecule has 9 heteroatoms. The Morgan fingerprint density at radius 2 is 1.76 bits per heavy atom. The van der Waals surface area contributed by atoms with Crippen molar-refractivity contribution in [3.8, 4) is 0 Å². The summed E-state index contributed by atoms with van der Waals surface area (Å²) in [4.78, 5) is 38.9. The maximum absolute atomic E-state index is 12.3. The van der Waals surface area contributed by atoms with Gasteiger partial charge in [0, 0.05) is 41.8 Å². The van der Waals surface area contributed by atoms with Crippen LogP contribution in [0, 0.1) is 16.0 Å². The van der Waals surface area contributed by atoms with Gasteiger partial charge in [0.15, 0.2) is 0 Å². The first-order chi connectivity index (χ1) is 13.8. The summed E-state index contributed by atoms with van der Waals surface area (Å²) in [7, 11) is -2.91. The number of nitro benzene ring substituents is 1. The molecule has 0 aliphatic carbocycles. The van der Waals surface area contributed by atoms with E-state index in [1.165, 1.54) is 12.1 Å². The molecule has 0 N–H and O–H groups in total. The predicted molar refractivity (Wildman–Crippen MR) is 108 cm³/mol. The Kier molecular flexibility index (Phi) is 4.95. The lowest BCUT2D eigenvalue weighted by Gasteiger charge is -2.44. The quantitative estimate of drug-likeness (QED) is 0.545. The Morgan fingerprint density at radius 1 is 1.14 bits per heavy atom. The van der Waals surface area contributed by atoms with E-state index in [-0.39, 0.29) is 11.6 Å². The maximum atomic E-state index is 12.3. The Morgan fingerprint density at radius 3 is 2.31 bits per heavy atom. The van der Waals surface area contributed by atoms with Crippen molar-refractivity contribution in [2.45, 2.75) is 37.6 Å². The smallest absolute Gasteiger partial charge is 0.331 e. The molecule has 1 saturated heterocycles. The van der Waals surface area contributed by atoms with Crippen molar-refractivity contribution in [1.29, 1.82) is 0 Å². The monoisotopic (exact) mass is 418 g/mol. The first-order valence-corrected chi connectivity index (χ1v) is 11.0. The molecular weight excluding hydrogens is 396 g/mol. The molecule has 154 valence electrons. The van der Waals surface area contributed by atoms with Crippen LogP contribution in [0.25, 0.3) is 6.08 Å². The van der Waals surface area contributed by atoms with E-state index in [1.54, 1.807) is 6.07 Å². The van der Waals surface area contributed by atoms with Crippen LogP contribution < -0.4 is 0 Å². The molecule has 1 fully saturated rings. The number of hydrogen-bond acceptors (Lipinski definition) is 7. The molecule has 0 amide bonds. The number of hydrogen-bond donors (Lipinski definition) is 0. The largest absolute Gasteiger partial charge is 0.354 e. The first kappa shape index (κ1) is 19.7. The summed E-state index contributed by atoms with van der Waals surface area (Å²) < 4.78 is 11.5. The highest BCUT2D eigenvalue weighted by Crippen LogP contribution is 2.72. The maximum Gasteiger partial charge on any atom is 0.354 e. The summed E-state index contributed by atoms with van der Waals surface area (Å²) in [5.74, 6) is -1.31. The number of fused-ring (bicyclic) bond motifs is 2. The normalized spacial score (nSPS) is 22.7. The zero-order chi connectivity index (χ0) is 20.8. The Bertz CT molecular complexity index is 926. The number of nitrogens with zero attached hydrogens (tertiary/aromatic N) is 2. The van der Waals surface area contributed by atoms with Crippen molar-refractivity contribution in [2.75, 3.05) is 13.1 Å². The Labute approximate surface area is 170 Å². The number of benzene rings is 1. The molecule has 0 atom stereocenters. The SMILES string of the molecule is CC(C)N1CCC(C2=Cc3ccc([N+](=O)[O-])cc3S23OC(=O)C=CC(=O)O3)CC1. The van der Waals surface area contributed by atoms with Crippen molar-refractivity contribution >= 4 is 34.3 Å². The highest BCUT2D eigenvalue weighted by Gasteiger charge is 2.46. The molecule has 0 aromatic heterocycles. The summed E-state index contributed by atoms with van der Waals surface area (Å²) in [6.45, 7) is 6.06. The van der Waals surface area contributed by atoms with E-state index in [0.29, 0.717) is 16.5 Å². The summed E-state index contributed by atoms with van der Waals surface area (Å²) >= 11 is 0. The Balaban J connectivity index is 1.77. The second-order valence-electron chi connectivity index (χ2n) is 7.57. The predicted octanol–water partition coefficient (Wildman–Crippen LogP) is 3.72. The fraction of sp³-hybridized carbons (Fsp3) is 0.400. The van der Waals surface area contributed by atoms with E-state index in [1.807, 2.05) is 6.08 Å². The molecule has 3 aliphatic heterocycles. The molecule has 1 aromatic rings.